The van der Waals surface area contributed by atoms with E-state index in [0.717, 1.165) is 34.8 Å². The van der Waals surface area contributed by atoms with Gasteiger partial charge in [-0.05, 0) is 49.9 Å². The van der Waals surface area contributed by atoms with Crippen LogP contribution >= 0.6 is 11.3 Å². The molecule has 3 nitrogen and oxygen atoms in total. The molecular formula is C15H18N2OS. The van der Waals surface area contributed by atoms with Crippen LogP contribution in [0, 0.1) is 13.8 Å². The average Bonchev–Trinajstić information content (AvgIpc) is 2.81. The van der Waals surface area contributed by atoms with Gasteiger partial charge < -0.3 is 10.8 Å². The van der Waals surface area contributed by atoms with E-state index in [-0.39, 0.29) is 0 Å². The number of benzene rings is 1. The van der Waals surface area contributed by atoms with Crippen LogP contribution in [0.5, 0.6) is 0 Å². The molecule has 0 saturated heterocycles. The first-order valence-corrected chi connectivity index (χ1v) is 7.34. The fourth-order valence-corrected chi connectivity index (χ4v) is 3.84. The first kappa shape index (κ1) is 12.6. The zero-order valence-electron chi connectivity index (χ0n) is 11.2. The average molecular weight is 274 g/mol. The summed E-state index contributed by atoms with van der Waals surface area (Å²) < 4.78 is 0. The van der Waals surface area contributed by atoms with E-state index in [1.165, 1.54) is 10.4 Å². The summed E-state index contributed by atoms with van der Waals surface area (Å²) in [5.41, 5.74) is 9.06. The van der Waals surface area contributed by atoms with E-state index >= 15 is 0 Å². The van der Waals surface area contributed by atoms with Crippen LogP contribution in [0.2, 0.25) is 0 Å². The van der Waals surface area contributed by atoms with E-state index in [2.05, 4.69) is 11.9 Å². The molecule has 0 aliphatic heterocycles. The van der Waals surface area contributed by atoms with Gasteiger partial charge in [-0.3, -0.25) is 0 Å². The number of aromatic nitrogens is 1. The predicted octanol–water partition coefficient (Wildman–Crippen LogP) is 2.72. The van der Waals surface area contributed by atoms with Gasteiger partial charge in [0.1, 0.15) is 0 Å². The predicted molar refractivity (Wildman–Crippen MR) is 78.4 cm³/mol. The monoisotopic (exact) mass is 274 g/mol. The van der Waals surface area contributed by atoms with E-state index in [4.69, 9.17) is 5.73 Å². The number of nitrogens with zero attached hydrogens (tertiary/aromatic N) is 1. The maximum atomic E-state index is 10.9. The molecule has 1 unspecified atom stereocenters. The minimum absolute atomic E-state index is 0.600. The Morgan fingerprint density at radius 1 is 1.42 bits per heavy atom. The molecule has 0 radical (unpaired) electrons. The minimum atomic E-state index is -0.778. The number of aliphatic hydroxyl groups is 1. The molecule has 1 aromatic carbocycles. The number of fused-ring (bicyclic) bond motifs is 1. The number of hydrogen-bond acceptors (Lipinski definition) is 4. The third kappa shape index (κ3) is 2.15. The molecule has 3 N–H and O–H groups in total. The van der Waals surface area contributed by atoms with Gasteiger partial charge in [0.25, 0.3) is 0 Å². The lowest BCUT2D eigenvalue weighted by Crippen LogP contribution is -2.25. The molecule has 0 amide bonds. The molecule has 0 saturated carbocycles. The molecule has 0 spiro atoms. The van der Waals surface area contributed by atoms with Crippen molar-refractivity contribution in [1.82, 2.24) is 4.98 Å². The standard InChI is InChI=1S/C15H18N2OS/c1-9-10(2)19-14(17-9)8-15(18)6-5-11-7-12(16)3-4-13(11)15/h3-4,7,18H,5-6,8,16H2,1-2H3. The lowest BCUT2D eigenvalue weighted by molar-refractivity contribution is 0.0389. The highest BCUT2D eigenvalue weighted by Gasteiger charge is 2.37. The summed E-state index contributed by atoms with van der Waals surface area (Å²) in [6.45, 7) is 4.09. The summed E-state index contributed by atoms with van der Waals surface area (Å²) in [7, 11) is 0. The van der Waals surface area contributed by atoms with Crippen molar-refractivity contribution in [2.75, 3.05) is 5.73 Å². The summed E-state index contributed by atoms with van der Waals surface area (Å²) in [5, 5.41) is 11.9. The maximum Gasteiger partial charge on any atom is 0.0965 e. The molecule has 3 rings (SSSR count). The number of nitrogens with two attached hydrogens (primary N) is 1. The number of nitrogen functional groups attached to an aromatic ring is 1. The summed E-state index contributed by atoms with van der Waals surface area (Å²) in [4.78, 5) is 5.77. The Morgan fingerprint density at radius 2 is 2.21 bits per heavy atom. The zero-order chi connectivity index (χ0) is 13.6. The van der Waals surface area contributed by atoms with Crippen LogP contribution in [-0.4, -0.2) is 10.1 Å². The van der Waals surface area contributed by atoms with Gasteiger partial charge in [0.05, 0.1) is 16.3 Å². The molecule has 1 heterocycles. The van der Waals surface area contributed by atoms with Crippen molar-refractivity contribution in [2.45, 2.75) is 38.7 Å². The van der Waals surface area contributed by atoms with E-state index in [1.54, 1.807) is 11.3 Å². The molecule has 0 fully saturated rings. The van der Waals surface area contributed by atoms with Crippen molar-refractivity contribution in [2.24, 2.45) is 0 Å². The summed E-state index contributed by atoms with van der Waals surface area (Å²) in [5.74, 6) is 0. The highest BCUT2D eigenvalue weighted by molar-refractivity contribution is 7.11. The van der Waals surface area contributed by atoms with Gasteiger partial charge >= 0.3 is 0 Å². The fraction of sp³-hybridized carbons (Fsp3) is 0.400. The molecular weight excluding hydrogens is 256 g/mol. The van der Waals surface area contributed by atoms with Crippen molar-refractivity contribution in [1.29, 1.82) is 0 Å². The van der Waals surface area contributed by atoms with E-state index in [9.17, 15) is 5.11 Å². The minimum Gasteiger partial charge on any atom is -0.399 e. The van der Waals surface area contributed by atoms with Gasteiger partial charge in [-0.1, -0.05) is 6.07 Å². The highest BCUT2D eigenvalue weighted by Crippen LogP contribution is 2.40. The van der Waals surface area contributed by atoms with Crippen LogP contribution in [0.1, 0.15) is 33.1 Å². The maximum absolute atomic E-state index is 10.9. The molecule has 19 heavy (non-hydrogen) atoms. The van der Waals surface area contributed by atoms with Crippen LogP contribution in [-0.2, 0) is 18.4 Å². The Balaban J connectivity index is 1.94. The smallest absolute Gasteiger partial charge is 0.0965 e. The second-order valence-corrected chi connectivity index (χ2v) is 6.66. The molecule has 1 aromatic heterocycles. The number of aryl methyl sites for hydroxylation is 3. The van der Waals surface area contributed by atoms with Crippen LogP contribution in [0.15, 0.2) is 18.2 Å². The van der Waals surface area contributed by atoms with Gasteiger partial charge in [-0.25, -0.2) is 4.98 Å². The van der Waals surface area contributed by atoms with Crippen molar-refractivity contribution in [3.05, 3.63) is 44.9 Å². The lowest BCUT2D eigenvalue weighted by Gasteiger charge is -2.22. The first-order valence-electron chi connectivity index (χ1n) is 6.52. The number of thiazole rings is 1. The quantitative estimate of drug-likeness (QED) is 0.828. The van der Waals surface area contributed by atoms with E-state index < -0.39 is 5.60 Å². The van der Waals surface area contributed by atoms with Crippen LogP contribution in [0.3, 0.4) is 0 Å². The van der Waals surface area contributed by atoms with Crippen molar-refractivity contribution in [3.63, 3.8) is 0 Å². The molecule has 2 aromatic rings. The summed E-state index contributed by atoms with van der Waals surface area (Å²) in [6, 6.07) is 5.81. The Morgan fingerprint density at radius 3 is 2.89 bits per heavy atom. The molecule has 1 aliphatic rings. The van der Waals surface area contributed by atoms with E-state index in [1.807, 2.05) is 25.1 Å². The SMILES string of the molecule is Cc1nc(CC2(O)CCc3cc(N)ccc32)sc1C. The normalized spacial score (nSPS) is 21.6. The topological polar surface area (TPSA) is 59.1 Å². The zero-order valence-corrected chi connectivity index (χ0v) is 12.0. The van der Waals surface area contributed by atoms with Crippen LogP contribution in [0.4, 0.5) is 5.69 Å². The Kier molecular flexibility index (Phi) is 2.87. The first-order chi connectivity index (χ1) is 8.98. The third-order valence-corrected chi connectivity index (χ3v) is 5.03. The van der Waals surface area contributed by atoms with Crippen molar-refractivity contribution < 1.29 is 5.11 Å². The lowest BCUT2D eigenvalue weighted by atomic mass is 9.92. The molecule has 1 atom stereocenters. The van der Waals surface area contributed by atoms with Crippen LogP contribution in [0.25, 0.3) is 0 Å². The fourth-order valence-electron chi connectivity index (χ4n) is 2.80. The number of anilines is 1. The third-order valence-electron chi connectivity index (χ3n) is 3.96. The van der Waals surface area contributed by atoms with Gasteiger partial charge in [0.15, 0.2) is 0 Å². The largest absolute Gasteiger partial charge is 0.399 e. The molecule has 0 bridgehead atoms. The van der Waals surface area contributed by atoms with Crippen molar-refractivity contribution >= 4 is 17.0 Å². The van der Waals surface area contributed by atoms with Crippen molar-refractivity contribution in [3.8, 4) is 0 Å². The highest BCUT2D eigenvalue weighted by atomic mass is 32.1. The Labute approximate surface area is 117 Å². The Bertz CT molecular complexity index is 616. The number of rotatable bonds is 2. The van der Waals surface area contributed by atoms with Gasteiger partial charge in [0.2, 0.25) is 0 Å². The second kappa shape index (κ2) is 4.32. The second-order valence-electron chi connectivity index (χ2n) is 5.37. The van der Waals surface area contributed by atoms with Gasteiger partial charge in [-0.15, -0.1) is 11.3 Å². The molecule has 100 valence electrons. The Hall–Kier alpha value is -1.39. The summed E-state index contributed by atoms with van der Waals surface area (Å²) in [6.07, 6.45) is 2.24. The van der Waals surface area contributed by atoms with E-state index in [0.29, 0.717) is 6.42 Å². The van der Waals surface area contributed by atoms with Gasteiger partial charge in [-0.2, -0.15) is 0 Å². The molecule has 1 aliphatic carbocycles. The molecule has 4 heteroatoms. The van der Waals surface area contributed by atoms with Crippen LogP contribution < -0.4 is 5.73 Å². The van der Waals surface area contributed by atoms with Gasteiger partial charge in [0, 0.05) is 17.0 Å². The summed E-state index contributed by atoms with van der Waals surface area (Å²) >= 11 is 1.68. The number of hydrogen-bond donors (Lipinski definition) is 2.